The molecule has 2 aliphatic heterocycles. The van der Waals surface area contributed by atoms with E-state index in [0.717, 1.165) is 37.9 Å². The van der Waals surface area contributed by atoms with Gasteiger partial charge in [-0.25, -0.2) is 0 Å². The molecule has 3 aliphatic rings. The van der Waals surface area contributed by atoms with Crippen LogP contribution in [0.4, 0.5) is 0 Å². The predicted octanol–water partition coefficient (Wildman–Crippen LogP) is 2.47. The lowest BCUT2D eigenvalue weighted by Crippen LogP contribution is -2.47. The van der Waals surface area contributed by atoms with Gasteiger partial charge in [0.25, 0.3) is 0 Å². The molecule has 0 radical (unpaired) electrons. The first-order valence-corrected chi connectivity index (χ1v) is 8.91. The SMILES string of the molecule is O=C(Cc1ccc2c(c1)CCCC2)N1CCC2(CC1)OCCO2. The van der Waals surface area contributed by atoms with Crippen LogP contribution in [-0.4, -0.2) is 42.9 Å². The summed E-state index contributed by atoms with van der Waals surface area (Å²) in [7, 11) is 0. The number of carbonyl (C=O) groups is 1. The molecule has 1 spiro atoms. The number of rotatable bonds is 2. The van der Waals surface area contributed by atoms with Crippen molar-refractivity contribution >= 4 is 5.91 Å². The average molecular weight is 315 g/mol. The first kappa shape index (κ1) is 15.2. The first-order valence-electron chi connectivity index (χ1n) is 8.91. The van der Waals surface area contributed by atoms with Gasteiger partial charge in [0.15, 0.2) is 5.79 Å². The maximum atomic E-state index is 12.6. The van der Waals surface area contributed by atoms with Gasteiger partial charge in [-0.2, -0.15) is 0 Å². The highest BCUT2D eigenvalue weighted by Crippen LogP contribution is 2.31. The lowest BCUT2D eigenvalue weighted by atomic mass is 9.90. The molecule has 0 saturated carbocycles. The summed E-state index contributed by atoms with van der Waals surface area (Å²) in [5.41, 5.74) is 4.08. The van der Waals surface area contributed by atoms with Gasteiger partial charge in [0.1, 0.15) is 0 Å². The fourth-order valence-electron chi connectivity index (χ4n) is 4.07. The lowest BCUT2D eigenvalue weighted by Gasteiger charge is -2.37. The van der Waals surface area contributed by atoms with Crippen LogP contribution in [0.15, 0.2) is 18.2 Å². The van der Waals surface area contributed by atoms with Gasteiger partial charge in [-0.05, 0) is 42.4 Å². The van der Waals surface area contributed by atoms with Gasteiger partial charge in [0, 0.05) is 25.9 Å². The molecule has 1 aliphatic carbocycles. The number of ether oxygens (including phenoxy) is 2. The van der Waals surface area contributed by atoms with Crippen molar-refractivity contribution in [2.24, 2.45) is 0 Å². The van der Waals surface area contributed by atoms with Crippen molar-refractivity contribution in [2.75, 3.05) is 26.3 Å². The molecule has 4 nitrogen and oxygen atoms in total. The third-order valence-corrected chi connectivity index (χ3v) is 5.46. The third-order valence-electron chi connectivity index (χ3n) is 5.46. The lowest BCUT2D eigenvalue weighted by molar-refractivity contribution is -0.187. The van der Waals surface area contributed by atoms with Gasteiger partial charge < -0.3 is 14.4 Å². The summed E-state index contributed by atoms with van der Waals surface area (Å²) in [4.78, 5) is 14.6. The van der Waals surface area contributed by atoms with Crippen molar-refractivity contribution in [3.63, 3.8) is 0 Å². The molecule has 1 aromatic rings. The molecule has 0 bridgehead atoms. The highest BCUT2D eigenvalue weighted by molar-refractivity contribution is 5.79. The fraction of sp³-hybridized carbons (Fsp3) is 0.632. The second-order valence-electron chi connectivity index (χ2n) is 6.98. The van der Waals surface area contributed by atoms with Crippen molar-refractivity contribution in [1.82, 2.24) is 4.90 Å². The predicted molar refractivity (Wildman–Crippen MR) is 87.2 cm³/mol. The summed E-state index contributed by atoms with van der Waals surface area (Å²) in [6.07, 6.45) is 7.04. The highest BCUT2D eigenvalue weighted by atomic mass is 16.7. The molecule has 0 unspecified atom stereocenters. The summed E-state index contributed by atoms with van der Waals surface area (Å²) in [6.45, 7) is 2.85. The Morgan fingerprint density at radius 2 is 1.74 bits per heavy atom. The number of nitrogens with zero attached hydrogens (tertiary/aromatic N) is 1. The second-order valence-corrected chi connectivity index (χ2v) is 6.98. The van der Waals surface area contributed by atoms with Gasteiger partial charge in [0.2, 0.25) is 5.91 Å². The van der Waals surface area contributed by atoms with E-state index in [1.807, 2.05) is 4.90 Å². The van der Waals surface area contributed by atoms with Crippen LogP contribution < -0.4 is 0 Å². The van der Waals surface area contributed by atoms with Gasteiger partial charge in [0.05, 0.1) is 19.6 Å². The molecular formula is C19H25NO3. The third kappa shape index (κ3) is 3.15. The maximum absolute atomic E-state index is 12.6. The second kappa shape index (κ2) is 6.25. The topological polar surface area (TPSA) is 38.8 Å². The highest BCUT2D eigenvalue weighted by Gasteiger charge is 2.40. The Kier molecular flexibility index (Phi) is 4.12. The molecule has 4 heteroatoms. The van der Waals surface area contributed by atoms with E-state index in [9.17, 15) is 4.79 Å². The standard InChI is InChI=1S/C19H25NO3/c21-18(20-9-7-19(8-10-20)22-11-12-23-19)14-15-5-6-16-3-1-2-4-17(16)13-15/h5-6,13H,1-4,7-12,14H2. The van der Waals surface area contributed by atoms with Gasteiger partial charge >= 0.3 is 0 Å². The van der Waals surface area contributed by atoms with E-state index in [1.165, 1.54) is 30.4 Å². The Hall–Kier alpha value is -1.39. The van der Waals surface area contributed by atoms with Crippen molar-refractivity contribution in [1.29, 1.82) is 0 Å². The molecule has 124 valence electrons. The van der Waals surface area contributed by atoms with Crippen molar-refractivity contribution in [3.05, 3.63) is 34.9 Å². The molecule has 0 atom stereocenters. The van der Waals surface area contributed by atoms with Crippen LogP contribution in [0.2, 0.25) is 0 Å². The fourth-order valence-corrected chi connectivity index (χ4v) is 4.07. The van der Waals surface area contributed by atoms with Crippen molar-refractivity contribution < 1.29 is 14.3 Å². The number of amides is 1. The van der Waals surface area contributed by atoms with Gasteiger partial charge in [-0.1, -0.05) is 18.2 Å². The largest absolute Gasteiger partial charge is 0.347 e. The van der Waals surface area contributed by atoms with E-state index in [0.29, 0.717) is 19.6 Å². The van der Waals surface area contributed by atoms with Crippen LogP contribution in [0.3, 0.4) is 0 Å². The molecule has 23 heavy (non-hydrogen) atoms. The number of hydrogen-bond acceptors (Lipinski definition) is 3. The van der Waals surface area contributed by atoms with Crippen LogP contribution in [0.1, 0.15) is 42.4 Å². The van der Waals surface area contributed by atoms with Crippen LogP contribution in [0.25, 0.3) is 0 Å². The zero-order valence-electron chi connectivity index (χ0n) is 13.7. The van der Waals surface area contributed by atoms with Crippen LogP contribution >= 0.6 is 0 Å². The summed E-state index contributed by atoms with van der Waals surface area (Å²) in [6, 6.07) is 6.61. The smallest absolute Gasteiger partial charge is 0.226 e. The minimum atomic E-state index is -0.400. The number of likely N-dealkylation sites (tertiary alicyclic amines) is 1. The number of carbonyl (C=O) groups excluding carboxylic acids is 1. The first-order chi connectivity index (χ1) is 11.2. The molecule has 1 aromatic carbocycles. The normalized spacial score (nSPS) is 23.0. The molecule has 1 amide bonds. The number of fused-ring (bicyclic) bond motifs is 1. The summed E-state index contributed by atoms with van der Waals surface area (Å²) >= 11 is 0. The molecule has 2 heterocycles. The summed E-state index contributed by atoms with van der Waals surface area (Å²) in [5, 5.41) is 0. The van der Waals surface area contributed by atoms with Crippen molar-refractivity contribution in [2.45, 2.75) is 50.7 Å². The molecule has 4 rings (SSSR count). The zero-order valence-corrected chi connectivity index (χ0v) is 13.7. The molecule has 0 N–H and O–H groups in total. The Labute approximate surface area is 137 Å². The molecule has 2 saturated heterocycles. The number of piperidine rings is 1. The summed E-state index contributed by atoms with van der Waals surface area (Å²) in [5.74, 6) is -0.170. The zero-order chi connectivity index (χ0) is 15.7. The molecule has 2 fully saturated rings. The van der Waals surface area contributed by atoms with E-state index in [-0.39, 0.29) is 5.91 Å². The van der Waals surface area contributed by atoms with Crippen molar-refractivity contribution in [3.8, 4) is 0 Å². The number of benzene rings is 1. The van der Waals surface area contributed by atoms with Crippen LogP contribution in [0, 0.1) is 0 Å². The summed E-state index contributed by atoms with van der Waals surface area (Å²) < 4.78 is 11.5. The Morgan fingerprint density at radius 3 is 2.48 bits per heavy atom. The van der Waals surface area contributed by atoms with Crippen LogP contribution in [-0.2, 0) is 33.5 Å². The minimum absolute atomic E-state index is 0.230. The van der Waals surface area contributed by atoms with E-state index in [1.54, 1.807) is 0 Å². The Bertz CT molecular complexity index is 582. The quantitative estimate of drug-likeness (QED) is 0.841. The van der Waals surface area contributed by atoms with Gasteiger partial charge in [-0.3, -0.25) is 4.79 Å². The van der Waals surface area contributed by atoms with E-state index in [4.69, 9.17) is 9.47 Å². The van der Waals surface area contributed by atoms with E-state index < -0.39 is 5.79 Å². The monoisotopic (exact) mass is 315 g/mol. The Balaban J connectivity index is 1.37. The maximum Gasteiger partial charge on any atom is 0.226 e. The number of aryl methyl sites for hydroxylation is 2. The molecular weight excluding hydrogens is 290 g/mol. The number of hydrogen-bond donors (Lipinski definition) is 0. The van der Waals surface area contributed by atoms with Gasteiger partial charge in [-0.15, -0.1) is 0 Å². The molecule has 0 aromatic heterocycles. The van der Waals surface area contributed by atoms with E-state index in [2.05, 4.69) is 18.2 Å². The van der Waals surface area contributed by atoms with E-state index >= 15 is 0 Å². The van der Waals surface area contributed by atoms with Crippen LogP contribution in [0.5, 0.6) is 0 Å². The Morgan fingerprint density at radius 1 is 1.04 bits per heavy atom. The average Bonchev–Trinajstić information content (AvgIpc) is 3.03. The minimum Gasteiger partial charge on any atom is -0.347 e.